The van der Waals surface area contributed by atoms with Crippen molar-refractivity contribution in [1.82, 2.24) is 10.2 Å². The average molecular weight is 338 g/mol. The lowest BCUT2D eigenvalue weighted by Crippen LogP contribution is -2.43. The molecule has 0 aliphatic carbocycles. The zero-order valence-corrected chi connectivity index (χ0v) is 15.0. The molecule has 1 N–H and O–H groups in total. The molecule has 4 heteroatoms. The van der Waals surface area contributed by atoms with Gasteiger partial charge in [-0.1, -0.05) is 47.5 Å². The summed E-state index contributed by atoms with van der Waals surface area (Å²) >= 11 is 0. The van der Waals surface area contributed by atoms with Crippen LogP contribution < -0.4 is 5.32 Å². The molecule has 2 aromatic rings. The molecule has 4 nitrogen and oxygen atoms in total. The van der Waals surface area contributed by atoms with Crippen molar-refractivity contribution in [2.45, 2.75) is 19.9 Å². The van der Waals surface area contributed by atoms with Crippen molar-refractivity contribution in [2.75, 3.05) is 32.8 Å². The highest BCUT2D eigenvalue weighted by Gasteiger charge is 2.23. The first-order valence-corrected chi connectivity index (χ1v) is 8.87. The molecule has 0 saturated carbocycles. The maximum atomic E-state index is 12.5. The predicted octanol–water partition coefficient (Wildman–Crippen LogP) is 3.11. The van der Waals surface area contributed by atoms with Gasteiger partial charge in [0, 0.05) is 25.2 Å². The minimum Gasteiger partial charge on any atom is -0.379 e. The van der Waals surface area contributed by atoms with E-state index in [4.69, 9.17) is 4.74 Å². The summed E-state index contributed by atoms with van der Waals surface area (Å²) in [5, 5.41) is 3.11. The highest BCUT2D eigenvalue weighted by atomic mass is 16.5. The van der Waals surface area contributed by atoms with E-state index in [1.54, 1.807) is 0 Å². The van der Waals surface area contributed by atoms with Crippen LogP contribution in [0.1, 0.15) is 33.1 Å². The Balaban J connectivity index is 1.71. The zero-order chi connectivity index (χ0) is 17.6. The molecule has 0 aromatic heterocycles. The fourth-order valence-corrected chi connectivity index (χ4v) is 3.13. The van der Waals surface area contributed by atoms with Crippen LogP contribution in [0.4, 0.5) is 0 Å². The highest BCUT2D eigenvalue weighted by molar-refractivity contribution is 5.94. The van der Waals surface area contributed by atoms with Crippen molar-refractivity contribution in [1.29, 1.82) is 0 Å². The van der Waals surface area contributed by atoms with Crippen LogP contribution in [0.15, 0.2) is 48.5 Å². The van der Waals surface area contributed by atoms with Crippen LogP contribution in [0.2, 0.25) is 0 Å². The average Bonchev–Trinajstić information content (AvgIpc) is 2.64. The van der Waals surface area contributed by atoms with E-state index >= 15 is 0 Å². The van der Waals surface area contributed by atoms with Crippen molar-refractivity contribution in [2.24, 2.45) is 0 Å². The number of ether oxygens (including phenoxy) is 1. The van der Waals surface area contributed by atoms with E-state index in [1.165, 1.54) is 11.1 Å². The largest absolute Gasteiger partial charge is 0.379 e. The van der Waals surface area contributed by atoms with Gasteiger partial charge in [-0.3, -0.25) is 9.69 Å². The summed E-state index contributed by atoms with van der Waals surface area (Å²) in [6.45, 7) is 7.97. The number of hydrogen-bond donors (Lipinski definition) is 1. The number of morpholine rings is 1. The highest BCUT2D eigenvalue weighted by Crippen LogP contribution is 2.22. The molecule has 1 aliphatic heterocycles. The maximum Gasteiger partial charge on any atom is 0.251 e. The Morgan fingerprint density at radius 2 is 1.56 bits per heavy atom. The van der Waals surface area contributed by atoms with Gasteiger partial charge in [-0.15, -0.1) is 0 Å². The molecule has 0 spiro atoms. The van der Waals surface area contributed by atoms with Crippen LogP contribution in [0.25, 0.3) is 0 Å². The molecule has 25 heavy (non-hydrogen) atoms. The zero-order valence-electron chi connectivity index (χ0n) is 15.0. The van der Waals surface area contributed by atoms with E-state index in [0.29, 0.717) is 12.1 Å². The molecule has 1 saturated heterocycles. The first-order valence-electron chi connectivity index (χ1n) is 8.87. The molecule has 0 bridgehead atoms. The number of rotatable bonds is 5. The fraction of sp³-hybridized carbons (Fsp3) is 0.381. The standard InChI is InChI=1S/C21H26N2O2/c1-16-3-7-18(8-4-16)20(23-11-13-25-14-12-23)15-22-21(24)19-9-5-17(2)6-10-19/h3-10,20H,11-15H2,1-2H3,(H,22,24)/t20-/m0/s1. The van der Waals surface area contributed by atoms with Gasteiger partial charge in [-0.05, 0) is 31.5 Å². The Morgan fingerprint density at radius 3 is 2.16 bits per heavy atom. The second-order valence-corrected chi connectivity index (χ2v) is 6.65. The van der Waals surface area contributed by atoms with Crippen molar-refractivity contribution < 1.29 is 9.53 Å². The molecule has 1 atom stereocenters. The molecule has 1 aliphatic rings. The van der Waals surface area contributed by atoms with E-state index in [9.17, 15) is 4.79 Å². The van der Waals surface area contributed by atoms with Gasteiger partial charge in [-0.25, -0.2) is 0 Å². The number of carbonyl (C=O) groups excluding carboxylic acids is 1. The van der Waals surface area contributed by atoms with Crippen LogP contribution in [0, 0.1) is 13.8 Å². The van der Waals surface area contributed by atoms with E-state index in [-0.39, 0.29) is 11.9 Å². The van der Waals surface area contributed by atoms with Crippen molar-refractivity contribution >= 4 is 5.91 Å². The lowest BCUT2D eigenvalue weighted by molar-refractivity contribution is 0.0162. The number of nitrogens with one attached hydrogen (secondary N) is 1. The van der Waals surface area contributed by atoms with Gasteiger partial charge in [0.1, 0.15) is 0 Å². The van der Waals surface area contributed by atoms with Crippen LogP contribution in [-0.4, -0.2) is 43.7 Å². The fourth-order valence-electron chi connectivity index (χ4n) is 3.13. The van der Waals surface area contributed by atoms with E-state index in [2.05, 4.69) is 41.4 Å². The second-order valence-electron chi connectivity index (χ2n) is 6.65. The predicted molar refractivity (Wildman–Crippen MR) is 99.8 cm³/mol. The Hall–Kier alpha value is -2.17. The molecular weight excluding hydrogens is 312 g/mol. The van der Waals surface area contributed by atoms with E-state index in [0.717, 1.165) is 31.9 Å². The number of carbonyl (C=O) groups is 1. The minimum absolute atomic E-state index is 0.0228. The van der Waals surface area contributed by atoms with Crippen molar-refractivity contribution in [3.63, 3.8) is 0 Å². The number of aryl methyl sites for hydroxylation is 2. The van der Waals surface area contributed by atoms with Gasteiger partial charge in [0.2, 0.25) is 0 Å². The maximum absolute atomic E-state index is 12.5. The summed E-state index contributed by atoms with van der Waals surface area (Å²) in [6, 6.07) is 16.4. The summed E-state index contributed by atoms with van der Waals surface area (Å²) in [6.07, 6.45) is 0. The topological polar surface area (TPSA) is 41.6 Å². The van der Waals surface area contributed by atoms with E-state index in [1.807, 2.05) is 31.2 Å². The molecule has 0 radical (unpaired) electrons. The number of hydrogen-bond acceptors (Lipinski definition) is 3. The molecule has 3 rings (SSSR count). The van der Waals surface area contributed by atoms with Gasteiger partial charge in [0.05, 0.1) is 19.3 Å². The third-order valence-electron chi connectivity index (χ3n) is 4.72. The second kappa shape index (κ2) is 8.28. The first kappa shape index (κ1) is 17.6. The molecule has 0 unspecified atom stereocenters. The quantitative estimate of drug-likeness (QED) is 0.911. The molecule has 1 fully saturated rings. The monoisotopic (exact) mass is 338 g/mol. The Morgan fingerprint density at radius 1 is 1.00 bits per heavy atom. The summed E-state index contributed by atoms with van der Waals surface area (Å²) in [7, 11) is 0. The summed E-state index contributed by atoms with van der Waals surface area (Å²) in [4.78, 5) is 14.9. The number of amides is 1. The first-order chi connectivity index (χ1) is 12.1. The van der Waals surface area contributed by atoms with Crippen LogP contribution in [-0.2, 0) is 4.74 Å². The minimum atomic E-state index is -0.0228. The van der Waals surface area contributed by atoms with Crippen LogP contribution in [0.3, 0.4) is 0 Å². The van der Waals surface area contributed by atoms with Gasteiger partial charge in [0.25, 0.3) is 5.91 Å². The summed E-state index contributed by atoms with van der Waals surface area (Å²) < 4.78 is 5.48. The molecule has 2 aromatic carbocycles. The number of nitrogens with zero attached hydrogens (tertiary/aromatic N) is 1. The SMILES string of the molecule is Cc1ccc(C(=O)NC[C@@H](c2ccc(C)cc2)N2CCOCC2)cc1. The smallest absolute Gasteiger partial charge is 0.251 e. The van der Waals surface area contributed by atoms with Gasteiger partial charge >= 0.3 is 0 Å². The third-order valence-corrected chi connectivity index (χ3v) is 4.72. The van der Waals surface area contributed by atoms with Crippen molar-refractivity contribution in [3.05, 3.63) is 70.8 Å². The lowest BCUT2D eigenvalue weighted by atomic mass is 10.0. The van der Waals surface area contributed by atoms with Gasteiger partial charge in [0.15, 0.2) is 0 Å². The normalized spacial score (nSPS) is 16.4. The Bertz CT molecular complexity index is 689. The van der Waals surface area contributed by atoms with Gasteiger partial charge < -0.3 is 10.1 Å². The Kier molecular flexibility index (Phi) is 5.84. The lowest BCUT2D eigenvalue weighted by Gasteiger charge is -2.35. The van der Waals surface area contributed by atoms with Crippen molar-refractivity contribution in [3.8, 4) is 0 Å². The van der Waals surface area contributed by atoms with Crippen LogP contribution in [0.5, 0.6) is 0 Å². The molecular formula is C21H26N2O2. The summed E-state index contributed by atoms with van der Waals surface area (Å²) in [5.74, 6) is -0.0228. The third kappa shape index (κ3) is 4.68. The molecule has 1 heterocycles. The van der Waals surface area contributed by atoms with E-state index < -0.39 is 0 Å². The van der Waals surface area contributed by atoms with Gasteiger partial charge in [-0.2, -0.15) is 0 Å². The molecule has 132 valence electrons. The Labute approximate surface area is 149 Å². The molecule has 1 amide bonds. The number of benzene rings is 2. The summed E-state index contributed by atoms with van der Waals surface area (Å²) in [5.41, 5.74) is 4.34. The van der Waals surface area contributed by atoms with Crippen LogP contribution >= 0.6 is 0 Å².